The van der Waals surface area contributed by atoms with Crippen LogP contribution in [0.1, 0.15) is 58.4 Å². The van der Waals surface area contributed by atoms with E-state index in [0.717, 1.165) is 6.92 Å². The predicted octanol–water partition coefficient (Wildman–Crippen LogP) is -1.71. The van der Waals surface area contributed by atoms with E-state index in [4.69, 9.17) is 5.73 Å². The molecule has 12 N–H and O–H groups in total. The fourth-order valence-corrected chi connectivity index (χ4v) is 5.28. The number of aliphatic hydroxyl groups is 1. The molecule has 0 heterocycles. The Balaban J connectivity index is 3.21. The highest BCUT2D eigenvalue weighted by molar-refractivity contribution is 7.98. The fourth-order valence-electron chi connectivity index (χ4n) is 4.81. The summed E-state index contributed by atoms with van der Waals surface area (Å²) in [5, 5.41) is 59.5. The van der Waals surface area contributed by atoms with Gasteiger partial charge in [-0.15, -0.1) is 0 Å². The number of nitrogens with two attached hydrogens (primary N) is 1. The number of nitrogens with one attached hydrogen (secondary N) is 5. The van der Waals surface area contributed by atoms with E-state index in [-0.39, 0.29) is 25.0 Å². The summed E-state index contributed by atoms with van der Waals surface area (Å²) in [7, 11) is 0. The third kappa shape index (κ3) is 16.5. The number of carboxylic acid groups (broad SMARTS) is 3. The summed E-state index contributed by atoms with van der Waals surface area (Å²) in [6, 6.07) is -3.28. The van der Waals surface area contributed by atoms with Crippen LogP contribution in [0.5, 0.6) is 5.75 Å². The van der Waals surface area contributed by atoms with Crippen LogP contribution in [0.4, 0.5) is 0 Å². The third-order valence-corrected chi connectivity index (χ3v) is 8.75. The molecule has 1 rings (SSSR count). The molecule has 5 amide bonds. The van der Waals surface area contributed by atoms with Crippen molar-refractivity contribution in [2.24, 2.45) is 11.7 Å². The highest BCUT2D eigenvalue weighted by atomic mass is 32.2. The molecule has 0 aliphatic heterocycles. The van der Waals surface area contributed by atoms with Crippen molar-refractivity contribution in [3.05, 3.63) is 29.8 Å². The summed E-state index contributed by atoms with van der Waals surface area (Å²) in [5.74, 6) is -9.64. The number of aliphatic carboxylic acids is 3. The maximum absolute atomic E-state index is 13.5. The number of carbonyl (C=O) groups is 8. The molecule has 0 bridgehead atoms. The van der Waals surface area contributed by atoms with Crippen molar-refractivity contribution in [3.63, 3.8) is 0 Å². The molecule has 0 fully saturated rings. The number of thioether (sulfide) groups is 1. The van der Waals surface area contributed by atoms with Gasteiger partial charge < -0.3 is 57.9 Å². The summed E-state index contributed by atoms with van der Waals surface area (Å²) in [5.41, 5.74) is 6.55. The first-order valence-corrected chi connectivity index (χ1v) is 18.1. The molecule has 0 saturated carbocycles. The maximum Gasteiger partial charge on any atom is 0.326 e. The largest absolute Gasteiger partial charge is 0.508 e. The molecule has 0 spiro atoms. The van der Waals surface area contributed by atoms with Gasteiger partial charge in [-0.2, -0.15) is 11.8 Å². The zero-order chi connectivity index (χ0) is 40.4. The van der Waals surface area contributed by atoms with Crippen molar-refractivity contribution in [2.75, 3.05) is 12.0 Å². The summed E-state index contributed by atoms with van der Waals surface area (Å²) in [6.45, 7) is 4.36. The van der Waals surface area contributed by atoms with Gasteiger partial charge in [0.15, 0.2) is 0 Å². The van der Waals surface area contributed by atoms with Crippen molar-refractivity contribution in [3.8, 4) is 5.75 Å². The molecule has 1 aromatic carbocycles. The number of aromatic hydroxyl groups is 1. The van der Waals surface area contributed by atoms with Crippen LogP contribution in [0.15, 0.2) is 24.3 Å². The number of phenols is 1. The van der Waals surface area contributed by atoms with Gasteiger partial charge in [0.2, 0.25) is 29.5 Å². The van der Waals surface area contributed by atoms with Gasteiger partial charge in [0.25, 0.3) is 0 Å². The second-order valence-electron chi connectivity index (χ2n) is 12.4. The fraction of sp³-hybridized carbons (Fsp3) is 0.576. The maximum atomic E-state index is 13.5. The molecule has 19 nitrogen and oxygen atoms in total. The molecule has 0 radical (unpaired) electrons. The summed E-state index contributed by atoms with van der Waals surface area (Å²) in [6.07, 6.45) is -1.56. The Labute approximate surface area is 310 Å². The Kier molecular flexibility index (Phi) is 19.9. The number of hydrogen-bond donors (Lipinski definition) is 11. The molecular weight excluding hydrogens is 720 g/mol. The van der Waals surface area contributed by atoms with E-state index in [0.29, 0.717) is 11.3 Å². The molecule has 0 unspecified atom stereocenters. The smallest absolute Gasteiger partial charge is 0.326 e. The lowest BCUT2D eigenvalue weighted by Crippen LogP contribution is -2.62. The van der Waals surface area contributed by atoms with E-state index >= 15 is 0 Å². The van der Waals surface area contributed by atoms with Crippen molar-refractivity contribution < 1.29 is 63.9 Å². The van der Waals surface area contributed by atoms with E-state index < -0.39 is 115 Å². The first-order chi connectivity index (χ1) is 24.8. The van der Waals surface area contributed by atoms with Crippen molar-refractivity contribution in [1.29, 1.82) is 0 Å². The minimum atomic E-state index is -1.85. The van der Waals surface area contributed by atoms with Gasteiger partial charge in [-0.1, -0.05) is 32.4 Å². The molecule has 0 saturated heterocycles. The lowest BCUT2D eigenvalue weighted by Gasteiger charge is -2.29. The quantitative estimate of drug-likeness (QED) is 0.0558. The predicted molar refractivity (Wildman–Crippen MR) is 190 cm³/mol. The lowest BCUT2D eigenvalue weighted by atomic mass is 9.96. The second-order valence-corrected chi connectivity index (χ2v) is 13.4. The normalized spacial score (nSPS) is 15.5. The Morgan fingerprint density at radius 3 is 1.75 bits per heavy atom. The molecule has 296 valence electrons. The zero-order valence-corrected chi connectivity index (χ0v) is 30.7. The van der Waals surface area contributed by atoms with Crippen molar-refractivity contribution >= 4 is 59.2 Å². The topological polar surface area (TPSA) is 324 Å². The van der Waals surface area contributed by atoms with Crippen LogP contribution in [-0.4, -0.2) is 127 Å². The van der Waals surface area contributed by atoms with E-state index in [9.17, 15) is 63.9 Å². The van der Waals surface area contributed by atoms with Crippen LogP contribution in [0, 0.1) is 5.92 Å². The first-order valence-electron chi connectivity index (χ1n) is 16.7. The van der Waals surface area contributed by atoms with Crippen molar-refractivity contribution in [2.45, 2.75) is 102 Å². The average Bonchev–Trinajstić information content (AvgIpc) is 3.08. The number of benzene rings is 1. The van der Waals surface area contributed by atoms with E-state index in [1.54, 1.807) is 20.1 Å². The summed E-state index contributed by atoms with van der Waals surface area (Å²) in [4.78, 5) is 101. The van der Waals surface area contributed by atoms with Crippen LogP contribution in [0.2, 0.25) is 0 Å². The van der Waals surface area contributed by atoms with Gasteiger partial charge >= 0.3 is 17.9 Å². The zero-order valence-electron chi connectivity index (χ0n) is 29.9. The second kappa shape index (κ2) is 22.9. The molecular formula is C33H50N6O13S. The molecule has 8 atom stereocenters. The number of rotatable bonds is 24. The molecule has 1 aromatic rings. The lowest BCUT2D eigenvalue weighted by molar-refractivity contribution is -0.143. The first kappa shape index (κ1) is 46.1. The number of aliphatic hydroxyl groups excluding tert-OH is 1. The van der Waals surface area contributed by atoms with E-state index in [2.05, 4.69) is 26.6 Å². The van der Waals surface area contributed by atoms with Crippen LogP contribution in [0.25, 0.3) is 0 Å². The Bertz CT molecular complexity index is 1440. The Morgan fingerprint density at radius 1 is 0.717 bits per heavy atom. The van der Waals surface area contributed by atoms with Crippen LogP contribution < -0.4 is 32.3 Å². The van der Waals surface area contributed by atoms with Crippen LogP contribution in [0.3, 0.4) is 0 Å². The summed E-state index contributed by atoms with van der Waals surface area (Å²) >= 11 is 1.33. The highest BCUT2D eigenvalue weighted by Gasteiger charge is 2.36. The summed E-state index contributed by atoms with van der Waals surface area (Å²) < 4.78 is 0. The van der Waals surface area contributed by atoms with Gasteiger partial charge in [0, 0.05) is 6.42 Å². The van der Waals surface area contributed by atoms with Gasteiger partial charge in [0.1, 0.15) is 36.0 Å². The number of hydrogen-bond acceptors (Lipinski definition) is 12. The standard InChI is InChI=1S/C33H50N6O13S/c1-5-16(2)26(31(49)35-21(10-11-24(42)43)29(47)36-22(33(51)52)12-13-53-4)38-30(48)23(15-25(44)45)37-32(50)27(17(3)40)39-28(46)20(34)14-18-6-8-19(41)9-7-18/h6-9,16-17,20-23,26-27,40-41H,5,10-15,34H2,1-4H3,(H,35,49)(H,36,47)(H,37,50)(H,38,48)(H,39,46)(H,42,43)(H,44,45)(H,51,52)/t16-,17+,20-,21-,22-,23-,26-,27-/m0/s1. The van der Waals surface area contributed by atoms with Crippen molar-refractivity contribution in [1.82, 2.24) is 26.6 Å². The molecule has 53 heavy (non-hydrogen) atoms. The number of carbonyl (C=O) groups excluding carboxylic acids is 5. The highest BCUT2D eigenvalue weighted by Crippen LogP contribution is 2.13. The Hall–Kier alpha value is -4.95. The molecule has 0 aliphatic rings. The Morgan fingerprint density at radius 2 is 1.25 bits per heavy atom. The SMILES string of the molecule is CC[C@H](C)[C@H](NC(=O)[C@H](CC(=O)O)NC(=O)[C@@H](NC(=O)[C@@H](N)Cc1ccc(O)cc1)[C@@H](C)O)C(=O)N[C@@H](CCC(=O)O)C(=O)N[C@@H](CCSC)C(=O)O. The minimum Gasteiger partial charge on any atom is -0.508 e. The van der Waals surface area contributed by atoms with E-state index in [1.165, 1.54) is 36.0 Å². The van der Waals surface area contributed by atoms with E-state index in [1.807, 2.05) is 0 Å². The minimum absolute atomic E-state index is 0.00999. The van der Waals surface area contributed by atoms with Gasteiger partial charge in [-0.05, 0) is 61.8 Å². The van der Waals surface area contributed by atoms with Gasteiger partial charge in [-0.3, -0.25) is 33.6 Å². The van der Waals surface area contributed by atoms with Crippen LogP contribution >= 0.6 is 11.8 Å². The number of amides is 5. The molecule has 0 aromatic heterocycles. The van der Waals surface area contributed by atoms with Crippen LogP contribution in [-0.2, 0) is 44.8 Å². The monoisotopic (exact) mass is 770 g/mol. The van der Waals surface area contributed by atoms with Gasteiger partial charge in [-0.25, -0.2) is 4.79 Å². The number of carboxylic acids is 3. The molecule has 0 aliphatic carbocycles. The molecule has 20 heteroatoms. The number of phenolic OH excluding ortho intramolecular Hbond substituents is 1. The third-order valence-electron chi connectivity index (χ3n) is 8.10. The van der Waals surface area contributed by atoms with Gasteiger partial charge in [0.05, 0.1) is 18.6 Å². The average molecular weight is 771 g/mol.